The van der Waals surface area contributed by atoms with Crippen LogP contribution in [0.25, 0.3) is 0 Å². The summed E-state index contributed by atoms with van der Waals surface area (Å²) in [7, 11) is 0. The van der Waals surface area contributed by atoms with Gasteiger partial charge in [-0.25, -0.2) is 0 Å². The van der Waals surface area contributed by atoms with Crippen LogP contribution in [-0.4, -0.2) is 17.6 Å². The standard InChI is InChI=1S/C19H21N3OS/c23-18-7-4-12-22(18)17-10-8-16(9-11-17)14-21-19(24)20-13-15-5-2-1-3-6-15/h1-3,5-6,8-11H,4,7,12-14H2,(H2,20,21,24). The molecule has 3 rings (SSSR count). The van der Waals surface area contributed by atoms with Crippen LogP contribution in [0.4, 0.5) is 5.69 Å². The smallest absolute Gasteiger partial charge is 0.227 e. The lowest BCUT2D eigenvalue weighted by Gasteiger charge is -2.16. The molecule has 1 aliphatic heterocycles. The molecule has 2 N–H and O–H groups in total. The molecule has 2 aromatic carbocycles. The van der Waals surface area contributed by atoms with Crippen LogP contribution in [0.5, 0.6) is 0 Å². The molecule has 2 aromatic rings. The zero-order valence-corrected chi connectivity index (χ0v) is 14.3. The maximum Gasteiger partial charge on any atom is 0.227 e. The molecule has 4 nitrogen and oxygen atoms in total. The van der Waals surface area contributed by atoms with Crippen molar-refractivity contribution in [1.82, 2.24) is 10.6 Å². The van der Waals surface area contributed by atoms with Gasteiger partial charge in [0.25, 0.3) is 0 Å². The van der Waals surface area contributed by atoms with E-state index in [0.29, 0.717) is 24.6 Å². The molecule has 5 heteroatoms. The van der Waals surface area contributed by atoms with Gasteiger partial charge in [0.05, 0.1) is 0 Å². The van der Waals surface area contributed by atoms with E-state index in [1.165, 1.54) is 5.56 Å². The molecule has 0 aromatic heterocycles. The van der Waals surface area contributed by atoms with E-state index in [4.69, 9.17) is 12.2 Å². The van der Waals surface area contributed by atoms with Crippen LogP contribution in [0.1, 0.15) is 24.0 Å². The number of amides is 1. The number of hydrogen-bond acceptors (Lipinski definition) is 2. The van der Waals surface area contributed by atoms with Gasteiger partial charge in [-0.3, -0.25) is 4.79 Å². The first-order valence-electron chi connectivity index (χ1n) is 8.17. The zero-order chi connectivity index (χ0) is 16.8. The van der Waals surface area contributed by atoms with E-state index in [2.05, 4.69) is 22.8 Å². The van der Waals surface area contributed by atoms with Crippen molar-refractivity contribution in [1.29, 1.82) is 0 Å². The van der Waals surface area contributed by atoms with Crippen LogP contribution in [-0.2, 0) is 17.9 Å². The SMILES string of the molecule is O=C1CCCN1c1ccc(CNC(=S)NCc2ccccc2)cc1. The van der Waals surface area contributed by atoms with Crippen LogP contribution in [0, 0.1) is 0 Å². The van der Waals surface area contributed by atoms with Crippen LogP contribution in [0.2, 0.25) is 0 Å². The molecule has 124 valence electrons. The summed E-state index contributed by atoms with van der Waals surface area (Å²) < 4.78 is 0. The largest absolute Gasteiger partial charge is 0.359 e. The van der Waals surface area contributed by atoms with Crippen molar-refractivity contribution in [3.63, 3.8) is 0 Å². The molecule has 0 radical (unpaired) electrons. The van der Waals surface area contributed by atoms with E-state index in [0.717, 1.165) is 24.2 Å². The fourth-order valence-electron chi connectivity index (χ4n) is 2.74. The van der Waals surface area contributed by atoms with Crippen LogP contribution in [0.15, 0.2) is 54.6 Å². The molecular weight excluding hydrogens is 318 g/mol. The molecule has 24 heavy (non-hydrogen) atoms. The Hall–Kier alpha value is -2.40. The molecule has 0 spiro atoms. The normalized spacial score (nSPS) is 13.8. The molecule has 1 fully saturated rings. The first-order chi connectivity index (χ1) is 11.7. The monoisotopic (exact) mass is 339 g/mol. The van der Waals surface area contributed by atoms with Crippen molar-refractivity contribution in [3.8, 4) is 0 Å². The first kappa shape index (κ1) is 16.5. The number of benzene rings is 2. The molecule has 1 amide bonds. The van der Waals surface area contributed by atoms with Crippen molar-refractivity contribution >= 4 is 28.9 Å². The van der Waals surface area contributed by atoms with Gasteiger partial charge in [-0.05, 0) is 41.9 Å². The third-order valence-electron chi connectivity index (χ3n) is 4.07. The van der Waals surface area contributed by atoms with Crippen LogP contribution in [0.3, 0.4) is 0 Å². The van der Waals surface area contributed by atoms with E-state index in [1.54, 1.807) is 0 Å². The number of nitrogens with one attached hydrogen (secondary N) is 2. The summed E-state index contributed by atoms with van der Waals surface area (Å²) in [6, 6.07) is 18.2. The number of anilines is 1. The van der Waals surface area contributed by atoms with Crippen LogP contribution >= 0.6 is 12.2 Å². The van der Waals surface area contributed by atoms with Gasteiger partial charge in [0.2, 0.25) is 5.91 Å². The van der Waals surface area contributed by atoms with Crippen molar-refractivity contribution in [2.75, 3.05) is 11.4 Å². The second-order valence-corrected chi connectivity index (χ2v) is 6.25. The fourth-order valence-corrected chi connectivity index (χ4v) is 2.88. The van der Waals surface area contributed by atoms with Gasteiger partial charge >= 0.3 is 0 Å². The second-order valence-electron chi connectivity index (χ2n) is 5.84. The highest BCUT2D eigenvalue weighted by Gasteiger charge is 2.21. The van der Waals surface area contributed by atoms with E-state index in [9.17, 15) is 4.79 Å². The van der Waals surface area contributed by atoms with E-state index in [1.807, 2.05) is 47.4 Å². The molecule has 1 heterocycles. The summed E-state index contributed by atoms with van der Waals surface area (Å²) >= 11 is 5.31. The minimum atomic E-state index is 0.215. The number of thiocarbonyl (C=S) groups is 1. The molecule has 0 saturated carbocycles. The summed E-state index contributed by atoms with van der Waals surface area (Å²) in [4.78, 5) is 13.6. The number of hydrogen-bond donors (Lipinski definition) is 2. The molecule has 0 unspecified atom stereocenters. The average Bonchev–Trinajstić information content (AvgIpc) is 3.05. The zero-order valence-electron chi connectivity index (χ0n) is 13.5. The topological polar surface area (TPSA) is 44.4 Å². The number of carbonyl (C=O) groups is 1. The number of rotatable bonds is 5. The predicted octanol–water partition coefficient (Wildman–Crippen LogP) is 2.98. The maximum atomic E-state index is 11.8. The quantitative estimate of drug-likeness (QED) is 0.822. The van der Waals surface area contributed by atoms with E-state index >= 15 is 0 Å². The van der Waals surface area contributed by atoms with Crippen LogP contribution < -0.4 is 15.5 Å². The summed E-state index contributed by atoms with van der Waals surface area (Å²) in [5.74, 6) is 0.215. The van der Waals surface area contributed by atoms with Gasteiger partial charge in [-0.15, -0.1) is 0 Å². The van der Waals surface area contributed by atoms with Gasteiger partial charge in [-0.2, -0.15) is 0 Å². The average molecular weight is 339 g/mol. The summed E-state index contributed by atoms with van der Waals surface area (Å²) in [6.45, 7) is 2.20. The fraction of sp³-hybridized carbons (Fsp3) is 0.263. The highest BCUT2D eigenvalue weighted by Crippen LogP contribution is 2.21. The number of carbonyl (C=O) groups excluding carboxylic acids is 1. The van der Waals surface area contributed by atoms with Gasteiger partial charge in [0.1, 0.15) is 0 Å². The Bertz CT molecular complexity index is 700. The third-order valence-corrected chi connectivity index (χ3v) is 4.36. The van der Waals surface area contributed by atoms with Gasteiger partial charge in [-0.1, -0.05) is 42.5 Å². The second kappa shape index (κ2) is 7.93. The Morgan fingerprint density at radius 2 is 1.58 bits per heavy atom. The van der Waals surface area contributed by atoms with E-state index < -0.39 is 0 Å². The van der Waals surface area contributed by atoms with Crippen molar-refractivity contribution < 1.29 is 4.79 Å². The minimum Gasteiger partial charge on any atom is -0.359 e. The highest BCUT2D eigenvalue weighted by atomic mass is 32.1. The van der Waals surface area contributed by atoms with Crippen molar-refractivity contribution in [2.24, 2.45) is 0 Å². The molecule has 1 saturated heterocycles. The number of nitrogens with zero attached hydrogens (tertiary/aromatic N) is 1. The third kappa shape index (κ3) is 4.32. The lowest BCUT2D eigenvalue weighted by molar-refractivity contribution is -0.117. The summed E-state index contributed by atoms with van der Waals surface area (Å²) in [6.07, 6.45) is 1.61. The Labute approximate surface area is 147 Å². The molecule has 1 aliphatic rings. The first-order valence-corrected chi connectivity index (χ1v) is 8.58. The molecule has 0 aliphatic carbocycles. The van der Waals surface area contributed by atoms with Crippen molar-refractivity contribution in [2.45, 2.75) is 25.9 Å². The molecule has 0 atom stereocenters. The summed E-state index contributed by atoms with van der Waals surface area (Å²) in [5, 5.41) is 7.04. The van der Waals surface area contributed by atoms with Crippen molar-refractivity contribution in [3.05, 3.63) is 65.7 Å². The molecular formula is C19H21N3OS. The highest BCUT2D eigenvalue weighted by molar-refractivity contribution is 7.80. The Morgan fingerprint density at radius 3 is 2.17 bits per heavy atom. The van der Waals surface area contributed by atoms with Gasteiger partial charge < -0.3 is 15.5 Å². The minimum absolute atomic E-state index is 0.215. The van der Waals surface area contributed by atoms with E-state index in [-0.39, 0.29) is 5.91 Å². The Morgan fingerprint density at radius 1 is 0.958 bits per heavy atom. The maximum absolute atomic E-state index is 11.8. The lowest BCUT2D eigenvalue weighted by atomic mass is 10.2. The Balaban J connectivity index is 1.46. The molecule has 0 bridgehead atoms. The lowest BCUT2D eigenvalue weighted by Crippen LogP contribution is -2.34. The predicted molar refractivity (Wildman–Crippen MR) is 101 cm³/mol. The summed E-state index contributed by atoms with van der Waals surface area (Å²) in [5.41, 5.74) is 3.31. The van der Waals surface area contributed by atoms with Gasteiger partial charge in [0.15, 0.2) is 5.11 Å². The Kier molecular flexibility index (Phi) is 5.43. The van der Waals surface area contributed by atoms with Gasteiger partial charge in [0, 0.05) is 31.7 Å².